The number of anilines is 2. The van der Waals surface area contributed by atoms with Crippen molar-refractivity contribution in [3.8, 4) is 0 Å². The normalized spacial score (nSPS) is 19.4. The molecule has 2 nitrogen and oxygen atoms in total. The zero-order valence-electron chi connectivity index (χ0n) is 15.8. The van der Waals surface area contributed by atoms with Crippen molar-refractivity contribution in [1.82, 2.24) is 0 Å². The van der Waals surface area contributed by atoms with Gasteiger partial charge in [-0.15, -0.1) is 0 Å². The van der Waals surface area contributed by atoms with Crippen LogP contribution in [0.5, 0.6) is 0 Å². The van der Waals surface area contributed by atoms with Crippen molar-refractivity contribution in [3.63, 3.8) is 0 Å². The molecule has 0 atom stereocenters. The minimum absolute atomic E-state index is 0.605. The highest BCUT2D eigenvalue weighted by Gasteiger charge is 2.30. The second kappa shape index (κ2) is 7.80. The Kier molecular flexibility index (Phi) is 5.73. The van der Waals surface area contributed by atoms with Gasteiger partial charge in [-0.25, -0.2) is 0 Å². The van der Waals surface area contributed by atoms with Crippen LogP contribution in [0, 0.1) is 0 Å². The van der Waals surface area contributed by atoms with Crippen LogP contribution in [0.25, 0.3) is 0 Å². The van der Waals surface area contributed by atoms with Crippen molar-refractivity contribution in [2.24, 2.45) is 0 Å². The molecule has 0 radical (unpaired) electrons. The van der Waals surface area contributed by atoms with E-state index >= 15 is 0 Å². The summed E-state index contributed by atoms with van der Waals surface area (Å²) in [7, 11) is 0. The summed E-state index contributed by atoms with van der Waals surface area (Å²) in [6, 6.07) is 0. The van der Waals surface area contributed by atoms with Crippen LogP contribution in [-0.2, 0) is 12.8 Å². The van der Waals surface area contributed by atoms with Crippen molar-refractivity contribution >= 4 is 11.4 Å². The topological polar surface area (TPSA) is 52.0 Å². The molecule has 2 aliphatic rings. The number of hydrogen-bond acceptors (Lipinski definition) is 2. The summed E-state index contributed by atoms with van der Waals surface area (Å²) >= 11 is 0. The fourth-order valence-electron chi connectivity index (χ4n) is 5.34. The predicted molar refractivity (Wildman–Crippen MR) is 106 cm³/mol. The molecule has 0 saturated heterocycles. The zero-order valence-corrected chi connectivity index (χ0v) is 15.8. The molecule has 0 aromatic heterocycles. The Balaban J connectivity index is 2.18. The summed E-state index contributed by atoms with van der Waals surface area (Å²) in [5, 5.41) is 0. The first kappa shape index (κ1) is 17.6. The van der Waals surface area contributed by atoms with Gasteiger partial charge < -0.3 is 11.5 Å². The monoisotopic (exact) mass is 328 g/mol. The molecule has 0 unspecified atom stereocenters. The molecule has 4 N–H and O–H groups in total. The minimum atomic E-state index is 0.605. The summed E-state index contributed by atoms with van der Waals surface area (Å²) in [4.78, 5) is 0. The third kappa shape index (κ3) is 3.17. The Morgan fingerprint density at radius 2 is 1.04 bits per heavy atom. The summed E-state index contributed by atoms with van der Waals surface area (Å²) in [5.41, 5.74) is 21.6. The first-order valence-electron chi connectivity index (χ1n) is 10.4. The Morgan fingerprint density at radius 1 is 0.667 bits per heavy atom. The predicted octanol–water partition coefficient (Wildman–Crippen LogP) is 6.07. The van der Waals surface area contributed by atoms with Crippen molar-refractivity contribution in [1.29, 1.82) is 0 Å². The van der Waals surface area contributed by atoms with Crippen LogP contribution in [0.15, 0.2) is 0 Å². The molecule has 2 aliphatic carbocycles. The minimum Gasteiger partial charge on any atom is -0.398 e. The van der Waals surface area contributed by atoms with Crippen LogP contribution in [0.1, 0.15) is 112 Å². The van der Waals surface area contributed by atoms with Gasteiger partial charge in [0.2, 0.25) is 0 Å². The highest BCUT2D eigenvalue weighted by Crippen LogP contribution is 2.48. The van der Waals surface area contributed by atoms with Crippen molar-refractivity contribution < 1.29 is 0 Å². The van der Waals surface area contributed by atoms with E-state index in [0.29, 0.717) is 11.8 Å². The van der Waals surface area contributed by atoms with Crippen LogP contribution in [0.2, 0.25) is 0 Å². The van der Waals surface area contributed by atoms with E-state index in [1.807, 2.05) is 0 Å². The Hall–Kier alpha value is -1.18. The van der Waals surface area contributed by atoms with E-state index in [-0.39, 0.29) is 0 Å². The van der Waals surface area contributed by atoms with E-state index in [1.165, 1.54) is 80.9 Å². The summed E-state index contributed by atoms with van der Waals surface area (Å²) in [6.07, 6.45) is 15.2. The van der Waals surface area contributed by atoms with Crippen LogP contribution >= 0.6 is 0 Å². The first-order chi connectivity index (χ1) is 11.7. The number of nitrogen functional groups attached to an aromatic ring is 2. The van der Waals surface area contributed by atoms with Crippen LogP contribution in [-0.4, -0.2) is 0 Å². The van der Waals surface area contributed by atoms with Gasteiger partial charge in [0, 0.05) is 16.9 Å². The van der Waals surface area contributed by atoms with Crippen LogP contribution in [0.4, 0.5) is 11.4 Å². The number of rotatable bonds is 6. The molecular formula is C22H36N2. The largest absolute Gasteiger partial charge is 0.398 e. The highest BCUT2D eigenvalue weighted by atomic mass is 14.7. The second-order valence-electron chi connectivity index (χ2n) is 8.07. The summed E-state index contributed by atoms with van der Waals surface area (Å²) in [5.74, 6) is 1.31. The molecule has 2 saturated carbocycles. The lowest BCUT2D eigenvalue weighted by molar-refractivity contribution is 0.684. The van der Waals surface area contributed by atoms with Gasteiger partial charge in [0.25, 0.3) is 0 Å². The standard InChI is InChI=1S/C22H36N2/c1-3-9-17-19(15-11-5-6-12-15)18(10-4-2)22(24)20(21(17)23)16-13-7-8-14-16/h15-16H,3-14,23-24H2,1-2H3. The van der Waals surface area contributed by atoms with Gasteiger partial charge in [-0.1, -0.05) is 52.4 Å². The first-order valence-corrected chi connectivity index (χ1v) is 10.4. The lowest BCUT2D eigenvalue weighted by atomic mass is 9.79. The quantitative estimate of drug-likeness (QED) is 0.622. The van der Waals surface area contributed by atoms with E-state index in [4.69, 9.17) is 11.5 Å². The van der Waals surface area contributed by atoms with Crippen molar-refractivity contribution in [2.75, 3.05) is 11.5 Å². The molecule has 3 rings (SSSR count). The Bertz CT molecular complexity index is 531. The van der Waals surface area contributed by atoms with Gasteiger partial charge in [0.05, 0.1) is 0 Å². The van der Waals surface area contributed by atoms with E-state index in [9.17, 15) is 0 Å². The SMILES string of the molecule is CCCc1c(N)c(C2CCCC2)c(N)c(CCC)c1C1CCCC1. The van der Waals surface area contributed by atoms with Gasteiger partial charge in [0.15, 0.2) is 0 Å². The van der Waals surface area contributed by atoms with Crippen LogP contribution in [0.3, 0.4) is 0 Å². The van der Waals surface area contributed by atoms with E-state index in [0.717, 1.165) is 24.2 Å². The number of benzene rings is 1. The van der Waals surface area contributed by atoms with E-state index < -0.39 is 0 Å². The average molecular weight is 329 g/mol. The van der Waals surface area contributed by atoms with Crippen molar-refractivity contribution in [3.05, 3.63) is 22.3 Å². The second-order valence-corrected chi connectivity index (χ2v) is 8.07. The third-order valence-corrected chi connectivity index (χ3v) is 6.41. The summed E-state index contributed by atoms with van der Waals surface area (Å²) < 4.78 is 0. The molecule has 0 bridgehead atoms. The van der Waals surface area contributed by atoms with Gasteiger partial charge in [-0.3, -0.25) is 0 Å². The molecule has 0 heterocycles. The molecule has 1 aromatic rings. The lowest BCUT2D eigenvalue weighted by Crippen LogP contribution is -2.16. The lowest BCUT2D eigenvalue weighted by Gasteiger charge is -2.28. The molecule has 2 fully saturated rings. The Morgan fingerprint density at radius 3 is 1.42 bits per heavy atom. The molecule has 0 spiro atoms. The molecule has 1 aromatic carbocycles. The number of hydrogen-bond donors (Lipinski definition) is 2. The molecule has 24 heavy (non-hydrogen) atoms. The maximum atomic E-state index is 6.80. The smallest absolute Gasteiger partial charge is 0.0405 e. The van der Waals surface area contributed by atoms with Crippen LogP contribution < -0.4 is 11.5 Å². The number of nitrogens with two attached hydrogens (primary N) is 2. The van der Waals surface area contributed by atoms with Gasteiger partial charge in [-0.2, -0.15) is 0 Å². The fraction of sp³-hybridized carbons (Fsp3) is 0.727. The average Bonchev–Trinajstić information content (AvgIpc) is 3.26. The van der Waals surface area contributed by atoms with Gasteiger partial charge in [0.1, 0.15) is 0 Å². The van der Waals surface area contributed by atoms with Crippen molar-refractivity contribution in [2.45, 2.75) is 103 Å². The zero-order chi connectivity index (χ0) is 17.1. The van der Waals surface area contributed by atoms with Gasteiger partial charge >= 0.3 is 0 Å². The molecule has 0 aliphatic heterocycles. The van der Waals surface area contributed by atoms with E-state index in [2.05, 4.69) is 13.8 Å². The maximum Gasteiger partial charge on any atom is 0.0405 e. The summed E-state index contributed by atoms with van der Waals surface area (Å²) in [6.45, 7) is 4.56. The third-order valence-electron chi connectivity index (χ3n) is 6.41. The molecule has 0 amide bonds. The molecular weight excluding hydrogens is 292 g/mol. The maximum absolute atomic E-state index is 6.80. The van der Waals surface area contributed by atoms with Gasteiger partial charge in [-0.05, 0) is 67.1 Å². The molecule has 134 valence electrons. The fourth-order valence-corrected chi connectivity index (χ4v) is 5.34. The van der Waals surface area contributed by atoms with E-state index in [1.54, 1.807) is 5.56 Å². The highest BCUT2D eigenvalue weighted by molar-refractivity contribution is 5.74. The molecule has 2 heteroatoms. The Labute approximate surface area is 148 Å².